The van der Waals surface area contributed by atoms with Crippen LogP contribution in [-0.2, 0) is 0 Å². The van der Waals surface area contributed by atoms with Crippen LogP contribution in [0.3, 0.4) is 0 Å². The molecule has 1 heterocycles. The Labute approximate surface area is 103 Å². The molecular weight excluding hydrogens is 216 g/mol. The number of nitrogens with zero attached hydrogens (tertiary/aromatic N) is 2. The fourth-order valence-corrected chi connectivity index (χ4v) is 1.56. The molecule has 0 aliphatic carbocycles. The monoisotopic (exact) mass is 238 g/mol. The number of anilines is 1. The van der Waals surface area contributed by atoms with Crippen molar-refractivity contribution in [2.75, 3.05) is 11.9 Å². The maximum atomic E-state index is 5.74. The Morgan fingerprint density at radius 3 is 2.82 bits per heavy atom. The largest absolute Gasteiger partial charge is 0.477 e. The lowest BCUT2D eigenvalue weighted by molar-refractivity contribution is 0.304. The summed E-state index contributed by atoms with van der Waals surface area (Å²) < 4.78 is 5.42. The van der Waals surface area contributed by atoms with Gasteiger partial charge in [-0.15, -0.1) is 0 Å². The van der Waals surface area contributed by atoms with Crippen LogP contribution in [-0.4, -0.2) is 28.7 Å². The summed E-state index contributed by atoms with van der Waals surface area (Å²) in [4.78, 5) is 8.41. The summed E-state index contributed by atoms with van der Waals surface area (Å²) in [6, 6.07) is 0.440. The molecule has 2 atom stereocenters. The van der Waals surface area contributed by atoms with Crippen LogP contribution in [0, 0.1) is 0 Å². The Balaban J connectivity index is 2.52. The van der Waals surface area contributed by atoms with Crippen molar-refractivity contribution in [2.24, 2.45) is 5.73 Å². The molecule has 0 radical (unpaired) electrons. The van der Waals surface area contributed by atoms with E-state index in [1.54, 1.807) is 12.4 Å². The SMILES string of the molecule is CCCOc1cncc(NC(C)CC(C)N)n1. The average Bonchev–Trinajstić information content (AvgIpc) is 2.25. The first-order valence-corrected chi connectivity index (χ1v) is 6.08. The van der Waals surface area contributed by atoms with Gasteiger partial charge in [0.25, 0.3) is 0 Å². The van der Waals surface area contributed by atoms with E-state index in [9.17, 15) is 0 Å². The van der Waals surface area contributed by atoms with Gasteiger partial charge in [0.2, 0.25) is 5.88 Å². The maximum absolute atomic E-state index is 5.74. The van der Waals surface area contributed by atoms with Gasteiger partial charge in [-0.3, -0.25) is 4.98 Å². The standard InChI is InChI=1S/C12H22N4O/c1-4-5-17-12-8-14-7-11(16-12)15-10(3)6-9(2)13/h7-10H,4-6,13H2,1-3H3,(H,15,16). The van der Waals surface area contributed by atoms with Gasteiger partial charge in [-0.1, -0.05) is 6.92 Å². The van der Waals surface area contributed by atoms with E-state index in [0.717, 1.165) is 18.7 Å². The first kappa shape index (κ1) is 13.7. The maximum Gasteiger partial charge on any atom is 0.234 e. The molecule has 1 aromatic rings. The summed E-state index contributed by atoms with van der Waals surface area (Å²) >= 11 is 0. The summed E-state index contributed by atoms with van der Waals surface area (Å²) in [5.41, 5.74) is 5.74. The molecule has 0 amide bonds. The molecule has 0 aliphatic heterocycles. The molecule has 17 heavy (non-hydrogen) atoms. The quantitative estimate of drug-likeness (QED) is 0.757. The minimum atomic E-state index is 0.171. The highest BCUT2D eigenvalue weighted by molar-refractivity contribution is 5.34. The van der Waals surface area contributed by atoms with Gasteiger partial charge >= 0.3 is 0 Å². The zero-order valence-electron chi connectivity index (χ0n) is 10.8. The molecule has 0 bridgehead atoms. The highest BCUT2D eigenvalue weighted by atomic mass is 16.5. The molecule has 0 spiro atoms. The Bertz CT molecular complexity index is 330. The third-order valence-electron chi connectivity index (χ3n) is 2.19. The lowest BCUT2D eigenvalue weighted by atomic mass is 10.1. The molecule has 2 unspecified atom stereocenters. The van der Waals surface area contributed by atoms with E-state index in [1.165, 1.54) is 0 Å². The summed E-state index contributed by atoms with van der Waals surface area (Å²) in [5.74, 6) is 1.29. The molecule has 3 N–H and O–H groups in total. The topological polar surface area (TPSA) is 73.1 Å². The summed E-state index contributed by atoms with van der Waals surface area (Å²) in [5, 5.41) is 3.26. The van der Waals surface area contributed by atoms with Crippen molar-refractivity contribution in [2.45, 2.75) is 45.7 Å². The van der Waals surface area contributed by atoms with Crippen LogP contribution in [0.25, 0.3) is 0 Å². The second-order valence-corrected chi connectivity index (χ2v) is 4.35. The predicted molar refractivity (Wildman–Crippen MR) is 69.2 cm³/mol. The van der Waals surface area contributed by atoms with Crippen LogP contribution in [0.1, 0.15) is 33.6 Å². The average molecular weight is 238 g/mol. The number of ether oxygens (including phenoxy) is 1. The van der Waals surface area contributed by atoms with Gasteiger partial charge in [-0.2, -0.15) is 4.98 Å². The molecule has 1 aromatic heterocycles. The zero-order chi connectivity index (χ0) is 12.7. The first-order chi connectivity index (χ1) is 8.11. The van der Waals surface area contributed by atoms with E-state index in [1.807, 2.05) is 6.92 Å². The van der Waals surface area contributed by atoms with E-state index in [4.69, 9.17) is 10.5 Å². The van der Waals surface area contributed by atoms with Crippen LogP contribution in [0.4, 0.5) is 5.82 Å². The van der Waals surface area contributed by atoms with E-state index in [-0.39, 0.29) is 12.1 Å². The zero-order valence-corrected chi connectivity index (χ0v) is 10.8. The molecule has 0 fully saturated rings. The Kier molecular flexibility index (Phi) is 5.69. The van der Waals surface area contributed by atoms with Gasteiger partial charge in [-0.05, 0) is 26.7 Å². The van der Waals surface area contributed by atoms with Crippen molar-refractivity contribution in [3.8, 4) is 5.88 Å². The number of aromatic nitrogens is 2. The van der Waals surface area contributed by atoms with Gasteiger partial charge in [0.15, 0.2) is 0 Å². The van der Waals surface area contributed by atoms with Crippen molar-refractivity contribution in [3.05, 3.63) is 12.4 Å². The fourth-order valence-electron chi connectivity index (χ4n) is 1.56. The van der Waals surface area contributed by atoms with E-state index < -0.39 is 0 Å². The van der Waals surface area contributed by atoms with Gasteiger partial charge < -0.3 is 15.8 Å². The minimum Gasteiger partial charge on any atom is -0.477 e. The minimum absolute atomic E-state index is 0.171. The first-order valence-electron chi connectivity index (χ1n) is 6.08. The molecule has 96 valence electrons. The molecule has 1 rings (SSSR count). The Morgan fingerprint density at radius 1 is 1.41 bits per heavy atom. The van der Waals surface area contributed by atoms with E-state index >= 15 is 0 Å². The molecule has 0 saturated carbocycles. The van der Waals surface area contributed by atoms with E-state index in [2.05, 4.69) is 29.1 Å². The lowest BCUT2D eigenvalue weighted by Gasteiger charge is -2.16. The van der Waals surface area contributed by atoms with Crippen LogP contribution < -0.4 is 15.8 Å². The number of nitrogens with one attached hydrogen (secondary N) is 1. The van der Waals surface area contributed by atoms with Crippen LogP contribution >= 0.6 is 0 Å². The van der Waals surface area contributed by atoms with Crippen molar-refractivity contribution in [3.63, 3.8) is 0 Å². The lowest BCUT2D eigenvalue weighted by Crippen LogP contribution is -2.26. The second-order valence-electron chi connectivity index (χ2n) is 4.35. The molecule has 0 aliphatic rings. The van der Waals surface area contributed by atoms with E-state index in [0.29, 0.717) is 12.5 Å². The van der Waals surface area contributed by atoms with Gasteiger partial charge in [0, 0.05) is 12.1 Å². The third-order valence-corrected chi connectivity index (χ3v) is 2.19. The van der Waals surface area contributed by atoms with Crippen molar-refractivity contribution < 1.29 is 4.74 Å². The van der Waals surface area contributed by atoms with Crippen molar-refractivity contribution in [1.29, 1.82) is 0 Å². The van der Waals surface area contributed by atoms with Crippen LogP contribution in [0.5, 0.6) is 5.88 Å². The summed E-state index contributed by atoms with van der Waals surface area (Å²) in [7, 11) is 0. The predicted octanol–water partition coefficient (Wildman–Crippen LogP) is 1.80. The molecule has 5 nitrogen and oxygen atoms in total. The van der Waals surface area contributed by atoms with Crippen molar-refractivity contribution >= 4 is 5.82 Å². The van der Waals surface area contributed by atoms with Gasteiger partial charge in [0.05, 0.1) is 19.0 Å². The fraction of sp³-hybridized carbons (Fsp3) is 0.667. The molecule has 0 aromatic carbocycles. The number of hydrogen-bond acceptors (Lipinski definition) is 5. The molecule has 0 saturated heterocycles. The van der Waals surface area contributed by atoms with Gasteiger partial charge in [0.1, 0.15) is 5.82 Å². The van der Waals surface area contributed by atoms with Crippen LogP contribution in [0.2, 0.25) is 0 Å². The smallest absolute Gasteiger partial charge is 0.234 e. The summed E-state index contributed by atoms with van der Waals surface area (Å²) in [6.45, 7) is 6.78. The second kappa shape index (κ2) is 7.06. The van der Waals surface area contributed by atoms with Crippen LogP contribution in [0.15, 0.2) is 12.4 Å². The third kappa shape index (κ3) is 5.49. The highest BCUT2D eigenvalue weighted by Crippen LogP contribution is 2.11. The Hall–Kier alpha value is -1.36. The Morgan fingerprint density at radius 2 is 2.18 bits per heavy atom. The number of hydrogen-bond donors (Lipinski definition) is 2. The highest BCUT2D eigenvalue weighted by Gasteiger charge is 2.06. The molecule has 5 heteroatoms. The molecular formula is C12H22N4O. The van der Waals surface area contributed by atoms with Crippen molar-refractivity contribution in [1.82, 2.24) is 9.97 Å². The number of nitrogens with two attached hydrogens (primary N) is 1. The van der Waals surface area contributed by atoms with Gasteiger partial charge in [-0.25, -0.2) is 0 Å². The summed E-state index contributed by atoms with van der Waals surface area (Å²) in [6.07, 6.45) is 5.16. The number of rotatable bonds is 7. The normalized spacial score (nSPS) is 14.1.